The molecule has 134 valence electrons. The van der Waals surface area contributed by atoms with Crippen LogP contribution in [0.5, 0.6) is 5.75 Å². The quantitative estimate of drug-likeness (QED) is 0.743. The molecule has 1 N–H and O–H groups in total. The van der Waals surface area contributed by atoms with Crippen LogP contribution in [0.25, 0.3) is 10.9 Å². The molecule has 0 fully saturated rings. The molecular formula is C21H22N2O3. The molecule has 0 radical (unpaired) electrons. The minimum absolute atomic E-state index is 0.0369. The first kappa shape index (κ1) is 17.7. The van der Waals surface area contributed by atoms with Crippen LogP contribution < -0.4 is 15.6 Å². The van der Waals surface area contributed by atoms with Crippen LogP contribution in [0.4, 0.5) is 0 Å². The first-order chi connectivity index (χ1) is 12.6. The number of nitrogens with one attached hydrogen (secondary N) is 1. The molecule has 0 bridgehead atoms. The average molecular weight is 350 g/mol. The maximum Gasteiger partial charge on any atom is 0.251 e. The van der Waals surface area contributed by atoms with Gasteiger partial charge in [0.25, 0.3) is 5.56 Å². The summed E-state index contributed by atoms with van der Waals surface area (Å²) in [5, 5.41) is 3.79. The zero-order valence-corrected chi connectivity index (χ0v) is 15.0. The van der Waals surface area contributed by atoms with E-state index in [1.54, 1.807) is 19.2 Å². The molecule has 3 rings (SSSR count). The van der Waals surface area contributed by atoms with Crippen LogP contribution in [0.1, 0.15) is 11.1 Å². The van der Waals surface area contributed by atoms with Crippen LogP contribution in [0, 0.1) is 6.92 Å². The maximum atomic E-state index is 12.5. The summed E-state index contributed by atoms with van der Waals surface area (Å²) in [6.45, 7) is 2.37. The summed E-state index contributed by atoms with van der Waals surface area (Å²) in [6.07, 6.45) is 0.749. The van der Waals surface area contributed by atoms with Gasteiger partial charge in [-0.15, -0.1) is 0 Å². The van der Waals surface area contributed by atoms with Gasteiger partial charge in [-0.2, -0.15) is 0 Å². The molecule has 0 spiro atoms. The van der Waals surface area contributed by atoms with Crippen LogP contribution in [0.2, 0.25) is 0 Å². The smallest absolute Gasteiger partial charge is 0.251 e. The van der Waals surface area contributed by atoms with Crippen LogP contribution in [0.15, 0.2) is 59.4 Å². The highest BCUT2D eigenvalue weighted by atomic mass is 16.5. The van der Waals surface area contributed by atoms with Crippen LogP contribution >= 0.6 is 0 Å². The highest BCUT2D eigenvalue weighted by molar-refractivity contribution is 5.89. The number of rotatable bonds is 6. The first-order valence-corrected chi connectivity index (χ1v) is 8.58. The van der Waals surface area contributed by atoms with Crippen molar-refractivity contribution in [3.05, 3.63) is 76.1 Å². The van der Waals surface area contributed by atoms with E-state index in [1.807, 2.05) is 49.4 Å². The topological polar surface area (TPSA) is 60.3 Å². The minimum Gasteiger partial charge on any atom is -0.495 e. The number of nitrogens with zero attached hydrogens (tertiary/aromatic N) is 1. The van der Waals surface area contributed by atoms with Crippen molar-refractivity contribution < 1.29 is 9.53 Å². The predicted octanol–water partition coefficient (Wildman–Crippen LogP) is 2.68. The van der Waals surface area contributed by atoms with Crippen molar-refractivity contribution in [1.29, 1.82) is 0 Å². The highest BCUT2D eigenvalue weighted by Gasteiger charge is 2.13. The van der Waals surface area contributed by atoms with Gasteiger partial charge in [-0.1, -0.05) is 42.5 Å². The minimum atomic E-state index is -0.210. The molecule has 2 aromatic carbocycles. The van der Waals surface area contributed by atoms with Gasteiger partial charge in [0, 0.05) is 18.0 Å². The standard InChI is InChI=1S/C21H22N2O3/c1-15-13-20(25)23(21-17(15)9-6-10-18(21)26-2)14-19(24)22-12-11-16-7-4-3-5-8-16/h3-10,13H,11-12,14H2,1-2H3,(H,22,24). The van der Waals surface area contributed by atoms with Crippen LogP contribution in [-0.4, -0.2) is 24.1 Å². The third kappa shape index (κ3) is 3.77. The number of carbonyl (C=O) groups excluding carboxylic acids is 1. The van der Waals surface area contributed by atoms with Crippen molar-refractivity contribution in [3.63, 3.8) is 0 Å². The van der Waals surface area contributed by atoms with Crippen LogP contribution in [0.3, 0.4) is 0 Å². The molecule has 0 unspecified atom stereocenters. The number of fused-ring (bicyclic) bond motifs is 1. The van der Waals surface area contributed by atoms with Gasteiger partial charge in [-0.25, -0.2) is 0 Å². The lowest BCUT2D eigenvalue weighted by Gasteiger charge is -2.15. The van der Waals surface area contributed by atoms with Gasteiger partial charge in [-0.05, 0) is 30.5 Å². The lowest BCUT2D eigenvalue weighted by atomic mass is 10.1. The Morgan fingerprint density at radius 3 is 2.62 bits per heavy atom. The fourth-order valence-electron chi connectivity index (χ4n) is 3.08. The average Bonchev–Trinajstić information content (AvgIpc) is 2.65. The molecule has 0 aliphatic carbocycles. The molecule has 0 saturated heterocycles. The van der Waals surface area contributed by atoms with E-state index >= 15 is 0 Å². The SMILES string of the molecule is COc1cccc2c(C)cc(=O)n(CC(=O)NCCc3ccccc3)c12. The van der Waals surface area contributed by atoms with E-state index in [0.717, 1.165) is 22.9 Å². The Morgan fingerprint density at radius 1 is 1.12 bits per heavy atom. The molecule has 0 aliphatic rings. The van der Waals surface area contributed by atoms with Crippen LogP contribution in [-0.2, 0) is 17.8 Å². The Labute approximate surface area is 152 Å². The second kappa shape index (κ2) is 7.87. The van der Waals surface area contributed by atoms with Gasteiger partial charge < -0.3 is 10.1 Å². The number of ether oxygens (including phenoxy) is 1. The molecule has 26 heavy (non-hydrogen) atoms. The summed E-state index contributed by atoms with van der Waals surface area (Å²) in [5.41, 5.74) is 2.47. The molecule has 1 heterocycles. The Kier molecular flexibility index (Phi) is 5.37. The number of para-hydroxylation sites is 1. The summed E-state index contributed by atoms with van der Waals surface area (Å²) in [4.78, 5) is 24.9. The van der Waals surface area contributed by atoms with Crippen molar-refractivity contribution in [2.24, 2.45) is 0 Å². The highest BCUT2D eigenvalue weighted by Crippen LogP contribution is 2.26. The maximum absolute atomic E-state index is 12.5. The Hall–Kier alpha value is -3.08. The van der Waals surface area contributed by atoms with Gasteiger partial charge in [0.05, 0.1) is 12.6 Å². The van der Waals surface area contributed by atoms with E-state index in [4.69, 9.17) is 4.74 Å². The zero-order valence-electron chi connectivity index (χ0n) is 15.0. The fraction of sp³-hybridized carbons (Fsp3) is 0.238. The largest absolute Gasteiger partial charge is 0.495 e. The summed E-state index contributed by atoms with van der Waals surface area (Å²) in [5.74, 6) is 0.388. The van der Waals surface area contributed by atoms with Crippen molar-refractivity contribution >= 4 is 16.8 Å². The molecule has 0 atom stereocenters. The number of aryl methyl sites for hydroxylation is 1. The molecule has 1 aromatic heterocycles. The number of hydrogen-bond acceptors (Lipinski definition) is 3. The van der Waals surface area contributed by atoms with E-state index in [9.17, 15) is 9.59 Å². The molecule has 5 heteroatoms. The number of benzene rings is 2. The Morgan fingerprint density at radius 2 is 1.88 bits per heavy atom. The van der Waals surface area contributed by atoms with Crippen molar-refractivity contribution in [2.75, 3.05) is 13.7 Å². The van der Waals surface area contributed by atoms with E-state index in [0.29, 0.717) is 17.8 Å². The van der Waals surface area contributed by atoms with E-state index in [1.165, 1.54) is 4.57 Å². The molecule has 0 saturated carbocycles. The molecule has 0 aliphatic heterocycles. The van der Waals surface area contributed by atoms with E-state index in [-0.39, 0.29) is 18.0 Å². The third-order valence-corrected chi connectivity index (χ3v) is 4.40. The molecular weight excluding hydrogens is 328 g/mol. The van der Waals surface area contributed by atoms with Gasteiger partial charge >= 0.3 is 0 Å². The van der Waals surface area contributed by atoms with Gasteiger partial charge in [0.2, 0.25) is 5.91 Å². The lowest BCUT2D eigenvalue weighted by Crippen LogP contribution is -2.33. The number of aromatic nitrogens is 1. The predicted molar refractivity (Wildman–Crippen MR) is 103 cm³/mol. The number of amides is 1. The third-order valence-electron chi connectivity index (χ3n) is 4.40. The first-order valence-electron chi connectivity index (χ1n) is 8.58. The van der Waals surface area contributed by atoms with E-state index in [2.05, 4.69) is 5.32 Å². The molecule has 1 amide bonds. The van der Waals surface area contributed by atoms with Gasteiger partial charge in [0.15, 0.2) is 0 Å². The fourth-order valence-corrected chi connectivity index (χ4v) is 3.08. The summed E-state index contributed by atoms with van der Waals surface area (Å²) in [6, 6.07) is 17.1. The monoisotopic (exact) mass is 350 g/mol. The second-order valence-electron chi connectivity index (χ2n) is 6.19. The second-order valence-corrected chi connectivity index (χ2v) is 6.19. The van der Waals surface area contributed by atoms with Gasteiger partial charge in [0.1, 0.15) is 12.3 Å². The lowest BCUT2D eigenvalue weighted by molar-refractivity contribution is -0.121. The van der Waals surface area contributed by atoms with Crippen molar-refractivity contribution in [2.45, 2.75) is 19.9 Å². The number of methoxy groups -OCH3 is 1. The Bertz CT molecular complexity index is 978. The summed E-state index contributed by atoms with van der Waals surface area (Å²) < 4.78 is 6.88. The number of hydrogen-bond donors (Lipinski definition) is 1. The van der Waals surface area contributed by atoms with E-state index < -0.39 is 0 Å². The summed E-state index contributed by atoms with van der Waals surface area (Å²) in [7, 11) is 1.56. The Balaban J connectivity index is 1.80. The number of pyridine rings is 1. The van der Waals surface area contributed by atoms with Gasteiger partial charge in [-0.3, -0.25) is 14.2 Å². The zero-order chi connectivity index (χ0) is 18.5. The number of carbonyl (C=O) groups is 1. The van der Waals surface area contributed by atoms with Crippen molar-refractivity contribution in [1.82, 2.24) is 9.88 Å². The normalized spacial score (nSPS) is 10.7. The van der Waals surface area contributed by atoms with Crippen molar-refractivity contribution in [3.8, 4) is 5.75 Å². The molecule has 3 aromatic rings. The molecule has 5 nitrogen and oxygen atoms in total. The summed E-state index contributed by atoms with van der Waals surface area (Å²) >= 11 is 0.